The van der Waals surface area contributed by atoms with E-state index in [4.69, 9.17) is 5.11 Å². The highest BCUT2D eigenvalue weighted by molar-refractivity contribution is 5.88. The summed E-state index contributed by atoms with van der Waals surface area (Å²) in [4.78, 5) is 12.2. The van der Waals surface area contributed by atoms with E-state index in [1.165, 1.54) is 29.3 Å². The summed E-state index contributed by atoms with van der Waals surface area (Å²) >= 11 is 0. The Kier molecular flexibility index (Phi) is 3.62. The number of aliphatic hydroxyl groups is 1. The number of hydrogen-bond acceptors (Lipinski definition) is 3. The van der Waals surface area contributed by atoms with Gasteiger partial charge in [-0.15, -0.1) is 0 Å². The zero-order valence-electron chi connectivity index (χ0n) is 9.75. The Labute approximate surface area is 107 Å². The molecule has 0 saturated carbocycles. The summed E-state index contributed by atoms with van der Waals surface area (Å²) in [6.45, 7) is 0.0689. The molecular formula is C13H11F2NO3. The fourth-order valence-corrected chi connectivity index (χ4v) is 1.77. The summed E-state index contributed by atoms with van der Waals surface area (Å²) in [6, 6.07) is 3.37. The molecule has 0 aliphatic carbocycles. The fourth-order valence-electron chi connectivity index (χ4n) is 1.77. The summed E-state index contributed by atoms with van der Waals surface area (Å²) < 4.78 is 25.8. The molecule has 1 atom stereocenters. The van der Waals surface area contributed by atoms with E-state index in [1.54, 1.807) is 0 Å². The van der Waals surface area contributed by atoms with Crippen molar-refractivity contribution in [2.24, 2.45) is 0 Å². The zero-order valence-corrected chi connectivity index (χ0v) is 9.75. The lowest BCUT2D eigenvalue weighted by molar-refractivity contribution is -0.135. The van der Waals surface area contributed by atoms with E-state index in [2.05, 4.69) is 0 Å². The summed E-state index contributed by atoms with van der Waals surface area (Å²) in [5.41, 5.74) is 0.249. The summed E-state index contributed by atoms with van der Waals surface area (Å²) in [5, 5.41) is 18.7. The van der Waals surface area contributed by atoms with Crippen molar-refractivity contribution in [3.05, 3.63) is 59.3 Å². The smallest absolute Gasteiger partial charge is 0.336 e. The lowest BCUT2D eigenvalue weighted by Crippen LogP contribution is -2.36. The lowest BCUT2D eigenvalue weighted by Gasteiger charge is -2.29. The van der Waals surface area contributed by atoms with Gasteiger partial charge in [0.25, 0.3) is 0 Å². The molecule has 0 saturated heterocycles. The van der Waals surface area contributed by atoms with E-state index in [1.807, 2.05) is 0 Å². The number of benzene rings is 1. The number of nitrogens with zero attached hydrogens (tertiary/aromatic N) is 1. The highest BCUT2D eigenvalue weighted by Gasteiger charge is 2.24. The van der Waals surface area contributed by atoms with Gasteiger partial charge in [0, 0.05) is 12.7 Å². The first-order valence-electron chi connectivity index (χ1n) is 5.48. The fraction of sp³-hybridized carbons (Fsp3) is 0.154. The molecule has 100 valence electrons. The lowest BCUT2D eigenvalue weighted by atomic mass is 10.1. The maximum Gasteiger partial charge on any atom is 0.336 e. The molecule has 0 spiro atoms. The van der Waals surface area contributed by atoms with Crippen molar-refractivity contribution in [1.29, 1.82) is 0 Å². The number of hydrogen-bond donors (Lipinski definition) is 2. The second-order valence-corrected chi connectivity index (χ2v) is 4.06. The first kappa shape index (κ1) is 13.2. The Morgan fingerprint density at radius 2 is 2.05 bits per heavy atom. The van der Waals surface area contributed by atoms with Crippen molar-refractivity contribution in [3.63, 3.8) is 0 Å². The van der Waals surface area contributed by atoms with E-state index in [-0.39, 0.29) is 12.1 Å². The van der Waals surface area contributed by atoms with Crippen LogP contribution in [-0.4, -0.2) is 27.3 Å². The van der Waals surface area contributed by atoms with Crippen LogP contribution in [0.2, 0.25) is 0 Å². The number of aliphatic hydroxyl groups excluding tert-OH is 1. The van der Waals surface area contributed by atoms with E-state index >= 15 is 0 Å². The minimum absolute atomic E-state index is 0.0689. The standard InChI is InChI=1S/C13H11F2NO3/c14-10-4-3-8(6-11(10)15)7-16-5-1-2-9(12(16)17)13(18)19/h1-6,12,17H,7H2,(H,18,19). The number of allylic oxidation sites excluding steroid dienone is 2. The maximum atomic E-state index is 13.1. The van der Waals surface area contributed by atoms with Crippen LogP contribution in [0, 0.1) is 11.6 Å². The van der Waals surface area contributed by atoms with E-state index in [9.17, 15) is 18.7 Å². The van der Waals surface area contributed by atoms with Gasteiger partial charge in [-0.2, -0.15) is 0 Å². The number of aliphatic carboxylic acids is 1. The molecule has 6 heteroatoms. The quantitative estimate of drug-likeness (QED) is 0.873. The Morgan fingerprint density at radius 1 is 1.32 bits per heavy atom. The third-order valence-corrected chi connectivity index (χ3v) is 2.74. The molecule has 4 nitrogen and oxygen atoms in total. The van der Waals surface area contributed by atoms with Crippen molar-refractivity contribution in [2.75, 3.05) is 0 Å². The number of rotatable bonds is 3. The average molecular weight is 267 g/mol. The number of halogens is 2. The second kappa shape index (κ2) is 5.19. The van der Waals surface area contributed by atoms with Crippen LogP contribution in [0.1, 0.15) is 5.56 Å². The predicted octanol–water partition coefficient (Wildman–Crippen LogP) is 1.62. The van der Waals surface area contributed by atoms with E-state index in [0.29, 0.717) is 5.56 Å². The van der Waals surface area contributed by atoms with Gasteiger partial charge in [0.1, 0.15) is 0 Å². The number of carboxylic acids is 1. The van der Waals surface area contributed by atoms with Crippen LogP contribution in [0.3, 0.4) is 0 Å². The van der Waals surface area contributed by atoms with Gasteiger partial charge < -0.3 is 15.1 Å². The van der Waals surface area contributed by atoms with Gasteiger partial charge in [-0.1, -0.05) is 6.07 Å². The highest BCUT2D eigenvalue weighted by atomic mass is 19.2. The van der Waals surface area contributed by atoms with Gasteiger partial charge >= 0.3 is 5.97 Å². The molecule has 19 heavy (non-hydrogen) atoms. The van der Waals surface area contributed by atoms with Crippen molar-refractivity contribution in [2.45, 2.75) is 12.8 Å². The van der Waals surface area contributed by atoms with Gasteiger partial charge in [-0.05, 0) is 29.8 Å². The Bertz CT molecular complexity index is 569. The molecule has 1 aromatic rings. The Morgan fingerprint density at radius 3 is 2.68 bits per heavy atom. The molecule has 1 aliphatic heterocycles. The van der Waals surface area contributed by atoms with Gasteiger partial charge in [0.2, 0.25) is 0 Å². The predicted molar refractivity (Wildman–Crippen MR) is 62.8 cm³/mol. The molecule has 0 amide bonds. The van der Waals surface area contributed by atoms with E-state index in [0.717, 1.165) is 12.1 Å². The number of carboxylic acid groups (broad SMARTS) is 1. The average Bonchev–Trinajstić information content (AvgIpc) is 2.36. The first-order chi connectivity index (χ1) is 8.99. The summed E-state index contributed by atoms with van der Waals surface area (Å²) in [7, 11) is 0. The van der Waals surface area contributed by atoms with Crippen molar-refractivity contribution < 1.29 is 23.8 Å². The van der Waals surface area contributed by atoms with Crippen molar-refractivity contribution >= 4 is 5.97 Å². The van der Waals surface area contributed by atoms with Crippen LogP contribution in [0.15, 0.2) is 42.1 Å². The topological polar surface area (TPSA) is 60.8 Å². The van der Waals surface area contributed by atoms with Gasteiger partial charge in [0.05, 0.1) is 5.57 Å². The summed E-state index contributed by atoms with van der Waals surface area (Å²) in [5.74, 6) is -3.17. The molecule has 1 aliphatic rings. The number of carbonyl (C=O) groups is 1. The molecule has 1 heterocycles. The molecule has 0 bridgehead atoms. The molecule has 2 N–H and O–H groups in total. The highest BCUT2D eigenvalue weighted by Crippen LogP contribution is 2.19. The molecular weight excluding hydrogens is 256 g/mol. The van der Waals surface area contributed by atoms with Crippen LogP contribution >= 0.6 is 0 Å². The molecule has 1 unspecified atom stereocenters. The van der Waals surface area contributed by atoms with E-state index < -0.39 is 23.8 Å². The molecule has 1 aromatic carbocycles. The molecule has 2 rings (SSSR count). The van der Waals surface area contributed by atoms with Crippen molar-refractivity contribution in [1.82, 2.24) is 4.90 Å². The molecule has 0 radical (unpaired) electrons. The SMILES string of the molecule is O=C(O)C1=CC=CN(Cc2ccc(F)c(F)c2)C1O. The normalized spacial score (nSPS) is 18.4. The molecule has 0 fully saturated rings. The zero-order chi connectivity index (χ0) is 14.0. The molecule has 0 aromatic heterocycles. The van der Waals surface area contributed by atoms with Crippen LogP contribution in [-0.2, 0) is 11.3 Å². The first-order valence-corrected chi connectivity index (χ1v) is 5.48. The largest absolute Gasteiger partial charge is 0.478 e. The second-order valence-electron chi connectivity index (χ2n) is 4.06. The third kappa shape index (κ3) is 2.79. The Balaban J connectivity index is 2.16. The van der Waals surface area contributed by atoms with Crippen LogP contribution in [0.5, 0.6) is 0 Å². The van der Waals surface area contributed by atoms with Gasteiger partial charge in [0.15, 0.2) is 17.9 Å². The van der Waals surface area contributed by atoms with Crippen LogP contribution in [0.25, 0.3) is 0 Å². The minimum Gasteiger partial charge on any atom is -0.478 e. The monoisotopic (exact) mass is 267 g/mol. The van der Waals surface area contributed by atoms with Gasteiger partial charge in [-0.25, -0.2) is 13.6 Å². The van der Waals surface area contributed by atoms with Crippen LogP contribution < -0.4 is 0 Å². The summed E-state index contributed by atoms with van der Waals surface area (Å²) in [6.07, 6.45) is 2.92. The Hall–Kier alpha value is -2.21. The van der Waals surface area contributed by atoms with Gasteiger partial charge in [-0.3, -0.25) is 0 Å². The van der Waals surface area contributed by atoms with Crippen molar-refractivity contribution in [3.8, 4) is 0 Å². The maximum absolute atomic E-state index is 13.1. The van der Waals surface area contributed by atoms with Crippen LogP contribution in [0.4, 0.5) is 8.78 Å². The minimum atomic E-state index is -1.32. The third-order valence-electron chi connectivity index (χ3n) is 2.74.